The number of Topliss-reactive ketones (excluding diaryl/α,β-unsaturated/α-hetero) is 1. The van der Waals surface area contributed by atoms with Crippen molar-refractivity contribution >= 4 is 5.78 Å². The van der Waals surface area contributed by atoms with Crippen LogP contribution in [0.25, 0.3) is 0 Å². The van der Waals surface area contributed by atoms with Crippen molar-refractivity contribution in [3.63, 3.8) is 0 Å². The Hall–Kier alpha value is -0.770. The van der Waals surface area contributed by atoms with Gasteiger partial charge in [-0.15, -0.1) is 11.8 Å². The standard InChI is InChI=1S/C14H22O/c1-2-3-6-11-14(15)12-13-9-7-4-5-8-10-13/h13H,4-12H2,1H3. The van der Waals surface area contributed by atoms with Crippen LogP contribution in [0.1, 0.15) is 64.7 Å². The van der Waals surface area contributed by atoms with E-state index in [0.717, 1.165) is 12.8 Å². The van der Waals surface area contributed by atoms with Gasteiger partial charge in [0.05, 0.1) is 0 Å². The Kier molecular flexibility index (Phi) is 6.16. The summed E-state index contributed by atoms with van der Waals surface area (Å²) in [5.74, 6) is 6.89. The van der Waals surface area contributed by atoms with E-state index in [9.17, 15) is 4.79 Å². The molecule has 1 rings (SSSR count). The smallest absolute Gasteiger partial charge is 0.134 e. The summed E-state index contributed by atoms with van der Waals surface area (Å²) in [7, 11) is 0. The molecule has 0 amide bonds. The lowest BCUT2D eigenvalue weighted by Crippen LogP contribution is -2.07. The molecule has 0 spiro atoms. The lowest BCUT2D eigenvalue weighted by Gasteiger charge is -2.11. The summed E-state index contributed by atoms with van der Waals surface area (Å²) in [6.07, 6.45) is 10.2. The monoisotopic (exact) mass is 206 g/mol. The summed E-state index contributed by atoms with van der Waals surface area (Å²) < 4.78 is 0. The highest BCUT2D eigenvalue weighted by Gasteiger charge is 2.15. The molecule has 0 radical (unpaired) electrons. The van der Waals surface area contributed by atoms with E-state index in [-0.39, 0.29) is 0 Å². The first-order valence-corrected chi connectivity index (χ1v) is 6.24. The molecule has 1 aliphatic carbocycles. The van der Waals surface area contributed by atoms with Crippen LogP contribution < -0.4 is 0 Å². The molecule has 0 atom stereocenters. The molecular weight excluding hydrogens is 184 g/mol. The van der Waals surface area contributed by atoms with Crippen molar-refractivity contribution in [2.45, 2.75) is 64.7 Å². The van der Waals surface area contributed by atoms with Crippen molar-refractivity contribution in [2.75, 3.05) is 0 Å². The van der Waals surface area contributed by atoms with Crippen LogP contribution in [0, 0.1) is 17.8 Å². The lowest BCUT2D eigenvalue weighted by molar-refractivity contribution is -0.119. The fourth-order valence-corrected chi connectivity index (χ4v) is 2.32. The maximum atomic E-state index is 11.6. The fraction of sp³-hybridized carbons (Fsp3) is 0.786. The van der Waals surface area contributed by atoms with Gasteiger partial charge in [-0.2, -0.15) is 0 Å². The first-order valence-electron chi connectivity index (χ1n) is 6.24. The molecule has 0 aromatic rings. The number of rotatable bonds is 4. The van der Waals surface area contributed by atoms with Crippen molar-refractivity contribution in [3.8, 4) is 11.8 Å². The summed E-state index contributed by atoms with van der Waals surface area (Å²) in [4.78, 5) is 11.6. The van der Waals surface area contributed by atoms with E-state index in [1.54, 1.807) is 0 Å². The maximum absolute atomic E-state index is 11.6. The largest absolute Gasteiger partial charge is 0.300 e. The summed E-state index contributed by atoms with van der Waals surface area (Å²) >= 11 is 0. The van der Waals surface area contributed by atoms with Crippen molar-refractivity contribution in [1.82, 2.24) is 0 Å². The minimum atomic E-state index is 0.421. The van der Waals surface area contributed by atoms with Gasteiger partial charge in [0.25, 0.3) is 0 Å². The van der Waals surface area contributed by atoms with Gasteiger partial charge in [0.15, 0.2) is 0 Å². The Morgan fingerprint density at radius 1 is 1.20 bits per heavy atom. The fourth-order valence-electron chi connectivity index (χ4n) is 2.32. The third kappa shape index (κ3) is 5.62. The van der Waals surface area contributed by atoms with Crippen molar-refractivity contribution < 1.29 is 4.79 Å². The minimum Gasteiger partial charge on any atom is -0.300 e. The van der Waals surface area contributed by atoms with E-state index in [1.165, 1.54) is 38.5 Å². The number of hydrogen-bond donors (Lipinski definition) is 0. The number of hydrogen-bond acceptors (Lipinski definition) is 1. The minimum absolute atomic E-state index is 0.421. The Labute approximate surface area is 93.6 Å². The van der Waals surface area contributed by atoms with E-state index in [1.807, 2.05) is 6.92 Å². The third-order valence-electron chi connectivity index (χ3n) is 3.20. The second-order valence-electron chi connectivity index (χ2n) is 4.53. The topological polar surface area (TPSA) is 17.1 Å². The van der Waals surface area contributed by atoms with Gasteiger partial charge in [-0.3, -0.25) is 4.79 Å². The zero-order valence-electron chi connectivity index (χ0n) is 9.85. The summed E-state index contributed by atoms with van der Waals surface area (Å²) in [6.45, 7) is 1.83. The Morgan fingerprint density at radius 3 is 2.47 bits per heavy atom. The van der Waals surface area contributed by atoms with Gasteiger partial charge >= 0.3 is 0 Å². The van der Waals surface area contributed by atoms with Gasteiger partial charge in [-0.1, -0.05) is 38.5 Å². The maximum Gasteiger partial charge on any atom is 0.134 e. The molecule has 1 nitrogen and oxygen atoms in total. The van der Waals surface area contributed by atoms with Gasteiger partial charge < -0.3 is 0 Å². The highest BCUT2D eigenvalue weighted by atomic mass is 16.1. The molecular formula is C14H22O. The molecule has 1 fully saturated rings. The average molecular weight is 206 g/mol. The Morgan fingerprint density at radius 2 is 1.87 bits per heavy atom. The van der Waals surface area contributed by atoms with Crippen LogP contribution >= 0.6 is 0 Å². The quantitative estimate of drug-likeness (QED) is 0.506. The van der Waals surface area contributed by atoms with Crippen molar-refractivity contribution in [3.05, 3.63) is 0 Å². The molecule has 1 aliphatic rings. The van der Waals surface area contributed by atoms with Crippen LogP contribution in [-0.2, 0) is 4.79 Å². The molecule has 0 N–H and O–H groups in total. The van der Waals surface area contributed by atoms with E-state index in [4.69, 9.17) is 0 Å². The van der Waals surface area contributed by atoms with Gasteiger partial charge in [0.2, 0.25) is 0 Å². The lowest BCUT2D eigenvalue weighted by atomic mass is 9.93. The molecule has 0 saturated heterocycles. The average Bonchev–Trinajstić information content (AvgIpc) is 2.47. The van der Waals surface area contributed by atoms with E-state index in [0.29, 0.717) is 18.1 Å². The zero-order chi connectivity index (χ0) is 10.9. The summed E-state index contributed by atoms with van der Waals surface area (Å²) in [5, 5.41) is 0. The molecule has 0 bridgehead atoms. The number of ketones is 1. The second kappa shape index (κ2) is 7.51. The molecule has 1 heteroatoms. The molecule has 0 aromatic carbocycles. The van der Waals surface area contributed by atoms with Crippen molar-refractivity contribution in [2.24, 2.45) is 5.92 Å². The van der Waals surface area contributed by atoms with Crippen LogP contribution in [0.4, 0.5) is 0 Å². The van der Waals surface area contributed by atoms with E-state index < -0.39 is 0 Å². The van der Waals surface area contributed by atoms with Crippen LogP contribution in [-0.4, -0.2) is 5.78 Å². The normalized spacial score (nSPS) is 17.7. The van der Waals surface area contributed by atoms with Crippen LogP contribution in [0.15, 0.2) is 0 Å². The number of carbonyl (C=O) groups is 1. The van der Waals surface area contributed by atoms with Gasteiger partial charge in [0, 0.05) is 19.3 Å². The van der Waals surface area contributed by atoms with E-state index in [2.05, 4.69) is 11.8 Å². The molecule has 0 aliphatic heterocycles. The predicted molar refractivity (Wildman–Crippen MR) is 63.5 cm³/mol. The molecule has 0 unspecified atom stereocenters. The van der Waals surface area contributed by atoms with E-state index >= 15 is 0 Å². The number of carbonyl (C=O) groups excluding carboxylic acids is 1. The second-order valence-corrected chi connectivity index (χ2v) is 4.53. The predicted octanol–water partition coefficient (Wildman–Crippen LogP) is 3.72. The first-order chi connectivity index (χ1) is 7.33. The summed E-state index contributed by atoms with van der Waals surface area (Å²) in [5.41, 5.74) is 0. The van der Waals surface area contributed by atoms with Crippen molar-refractivity contribution in [1.29, 1.82) is 0 Å². The third-order valence-corrected chi connectivity index (χ3v) is 3.20. The summed E-state index contributed by atoms with van der Waals surface area (Å²) in [6, 6.07) is 0. The Bertz CT molecular complexity index is 236. The highest BCUT2D eigenvalue weighted by Crippen LogP contribution is 2.25. The molecule has 1 saturated carbocycles. The van der Waals surface area contributed by atoms with Crippen LogP contribution in [0.2, 0.25) is 0 Å². The molecule has 15 heavy (non-hydrogen) atoms. The Balaban J connectivity index is 2.19. The van der Waals surface area contributed by atoms with Crippen LogP contribution in [0.3, 0.4) is 0 Å². The van der Waals surface area contributed by atoms with Gasteiger partial charge in [-0.05, 0) is 12.8 Å². The molecule has 0 aromatic heterocycles. The zero-order valence-corrected chi connectivity index (χ0v) is 9.85. The first kappa shape index (κ1) is 12.3. The van der Waals surface area contributed by atoms with Gasteiger partial charge in [-0.25, -0.2) is 0 Å². The molecule has 84 valence electrons. The highest BCUT2D eigenvalue weighted by molar-refractivity contribution is 5.78. The van der Waals surface area contributed by atoms with Crippen LogP contribution in [0.5, 0.6) is 0 Å². The molecule has 0 heterocycles. The SMILES string of the molecule is CC#CCCC(=O)CC1CCCCCC1. The van der Waals surface area contributed by atoms with Gasteiger partial charge in [0.1, 0.15) is 5.78 Å².